The standard InChI is InChI=1S/2C45H58F3N3O9S/c2*1-6-28-20-27(2)12-7-8-13-29-23-45(29,41(55)50-61(56,57)44(26-46)17-18-44)24-36(52)35-21-30(25-51(35)40(54)33(28)22-37(53)60-42(3,4)43(5,47)48)59-39-32-15-10-9-14-31(32)38-34(49-39)16-11-19-58-38/h2*8-10,13-15,27-30,33,35H,6-7,11-12,16-26H2,1-5H3,(H,50,55)/b2*13-8-/t27-,28+,29+,30+,33?,35-,45+;27-,28-,29-,30-,33?,35+,45-/m01/s1. The number of carbonyl (C=O) groups excluding carboxylic acids is 8. The molecule has 8 heterocycles. The van der Waals surface area contributed by atoms with E-state index in [4.69, 9.17) is 38.4 Å². The number of fused-ring (bicyclic) bond motifs is 10. The zero-order chi connectivity index (χ0) is 88.2. The molecule has 4 aliphatic carbocycles. The summed E-state index contributed by atoms with van der Waals surface area (Å²) in [7, 11) is -8.79. The van der Waals surface area contributed by atoms with Crippen molar-refractivity contribution >= 4 is 88.7 Å². The number of hydrogen-bond acceptors (Lipinski definition) is 20. The molecule has 4 aromatic rings. The molecule has 24 nitrogen and oxygen atoms in total. The van der Waals surface area contributed by atoms with Gasteiger partial charge in [-0.15, -0.1) is 0 Å². The molecule has 2 unspecified atom stereocenters. The highest BCUT2D eigenvalue weighted by Gasteiger charge is 2.66. The van der Waals surface area contributed by atoms with Crippen LogP contribution in [0.1, 0.15) is 222 Å². The van der Waals surface area contributed by atoms with Crippen LogP contribution in [0.25, 0.3) is 21.5 Å². The second-order valence-corrected chi connectivity index (χ2v) is 41.6. The minimum Gasteiger partial charge on any atom is -0.491 e. The summed E-state index contributed by atoms with van der Waals surface area (Å²) >= 11 is 0. The number of alkyl halides is 6. The van der Waals surface area contributed by atoms with E-state index in [9.17, 15) is 71.9 Å². The molecule has 2 N–H and O–H groups in total. The maximum Gasteiger partial charge on any atom is 0.307 e. The van der Waals surface area contributed by atoms with Gasteiger partial charge in [0.25, 0.3) is 11.8 Å². The highest BCUT2D eigenvalue weighted by molar-refractivity contribution is 7.92. The number of rotatable bonds is 22. The summed E-state index contributed by atoms with van der Waals surface area (Å²) in [5, 5.41) is 2.95. The van der Waals surface area contributed by atoms with Crippen LogP contribution in [-0.4, -0.2) is 180 Å². The first-order valence-corrected chi connectivity index (χ1v) is 46.3. The van der Waals surface area contributed by atoms with Gasteiger partial charge < -0.3 is 38.2 Å². The number of carbonyl (C=O) groups is 8. The first kappa shape index (κ1) is 91.3. The average Bonchev–Trinajstić information content (AvgIpc) is 1.36. The molecule has 6 fully saturated rings. The number of ketones is 2. The fourth-order valence-electron chi connectivity index (χ4n) is 18.7. The Kier molecular flexibility index (Phi) is 26.3. The number of amides is 4. The Bertz CT molecular complexity index is 4680. The van der Waals surface area contributed by atoms with E-state index in [2.05, 4.69) is 9.44 Å². The molecule has 10 aliphatic rings. The fraction of sp³-hybridized carbons (Fsp3) is 0.667. The van der Waals surface area contributed by atoms with Gasteiger partial charge >= 0.3 is 11.9 Å². The largest absolute Gasteiger partial charge is 0.491 e. The molecule has 668 valence electrons. The number of sulfonamides is 2. The summed E-state index contributed by atoms with van der Waals surface area (Å²) in [5.74, 6) is -14.4. The SMILES string of the molecule is CC[C@@H]1C[C@@H](C)CC/C=C\[C@@H]2C[C@@]2(C(=O)NS(=O)(=O)C2(CF)CC2)CC(=O)[C@@H]2C[C@@H](Oc3nc4c(c5ccccc35)OCCC4)CN2C(=O)C1CC(=O)OC(C)(C)C(C)(F)F.CC[C@@H]1C[C@H](C)CC/C=C\[C@@H]2C[C@@]2(C(=O)NS(=O)(=O)C2(CF)CC2)CC(=O)[C@@H]2C[C@@H](Oc3nc4c(c5ccccc35)OCCC4)CN2C(=O)C1CC(=O)OC(C)(C)C(C)(F)F. The van der Waals surface area contributed by atoms with Gasteiger partial charge in [0.05, 0.1) is 85.3 Å². The third-order valence-electron chi connectivity index (χ3n) is 27.9. The Morgan fingerprint density at radius 3 is 1.25 bits per heavy atom. The zero-order valence-corrected chi connectivity index (χ0v) is 72.9. The van der Waals surface area contributed by atoms with Crippen molar-refractivity contribution in [3.05, 3.63) is 84.2 Å². The molecule has 2 aromatic heterocycles. The van der Waals surface area contributed by atoms with E-state index in [1.807, 2.05) is 101 Å². The van der Waals surface area contributed by atoms with Gasteiger partial charge in [-0.2, -0.15) is 0 Å². The minimum atomic E-state index is -4.40. The van der Waals surface area contributed by atoms with Crippen LogP contribution in [0.5, 0.6) is 23.3 Å². The number of nitrogens with zero attached hydrogens (tertiary/aromatic N) is 4. The number of hydrogen-bond donors (Lipinski definition) is 2. The van der Waals surface area contributed by atoms with Crippen LogP contribution in [-0.2, 0) is 80.7 Å². The van der Waals surface area contributed by atoms with Crippen LogP contribution in [0, 0.1) is 58.2 Å². The maximum atomic E-state index is 15.2. The molecular weight excluding hydrogens is 1630 g/mol. The Hall–Kier alpha value is -8.42. The van der Waals surface area contributed by atoms with Crippen LogP contribution < -0.4 is 28.4 Å². The van der Waals surface area contributed by atoms with Gasteiger partial charge in [-0.1, -0.05) is 101 Å². The van der Waals surface area contributed by atoms with Gasteiger partial charge in [0.15, 0.2) is 22.8 Å². The quantitative estimate of drug-likeness (QED) is 0.0419. The van der Waals surface area contributed by atoms with Crippen molar-refractivity contribution in [1.82, 2.24) is 29.2 Å². The Labute approximate surface area is 709 Å². The number of esters is 2. The molecular formula is C90H116F6N6O18S2. The van der Waals surface area contributed by atoms with Crippen molar-refractivity contribution in [3.8, 4) is 23.3 Å². The highest BCUT2D eigenvalue weighted by Crippen LogP contribution is 2.60. The van der Waals surface area contributed by atoms with Gasteiger partial charge in [0.2, 0.25) is 55.4 Å². The molecule has 2 aromatic carbocycles. The summed E-state index contributed by atoms with van der Waals surface area (Å²) in [6.45, 7) is 12.2. The highest BCUT2D eigenvalue weighted by atomic mass is 32.2. The molecule has 2 saturated heterocycles. The summed E-state index contributed by atoms with van der Waals surface area (Å²) in [4.78, 5) is 128. The van der Waals surface area contributed by atoms with Crippen molar-refractivity contribution in [2.24, 2.45) is 58.2 Å². The van der Waals surface area contributed by atoms with Crippen molar-refractivity contribution in [1.29, 1.82) is 0 Å². The number of allylic oxidation sites excluding steroid dienone is 4. The first-order valence-electron chi connectivity index (χ1n) is 43.4. The molecule has 122 heavy (non-hydrogen) atoms. The van der Waals surface area contributed by atoms with Gasteiger partial charge in [0, 0.05) is 61.1 Å². The van der Waals surface area contributed by atoms with E-state index in [-0.39, 0.29) is 76.3 Å². The Morgan fingerprint density at radius 2 is 0.910 bits per heavy atom. The molecule has 14 rings (SSSR count). The van der Waals surface area contributed by atoms with Crippen molar-refractivity contribution in [2.75, 3.05) is 39.7 Å². The van der Waals surface area contributed by atoms with E-state index >= 15 is 9.59 Å². The fourth-order valence-corrected chi connectivity index (χ4v) is 21.6. The van der Waals surface area contributed by atoms with Crippen LogP contribution in [0.15, 0.2) is 72.8 Å². The smallest absolute Gasteiger partial charge is 0.307 e. The lowest BCUT2D eigenvalue weighted by Gasteiger charge is -2.35. The van der Waals surface area contributed by atoms with Gasteiger partial charge in [-0.3, -0.25) is 47.8 Å². The molecule has 0 radical (unpaired) electrons. The number of benzene rings is 2. The lowest BCUT2D eigenvalue weighted by atomic mass is 9.79. The van der Waals surface area contributed by atoms with Crippen molar-refractivity contribution in [3.63, 3.8) is 0 Å². The molecule has 32 heteroatoms. The van der Waals surface area contributed by atoms with Crippen LogP contribution >= 0.6 is 0 Å². The molecule has 4 amide bonds. The number of pyridine rings is 2. The summed E-state index contributed by atoms with van der Waals surface area (Å²) < 4.78 is 176. The molecule has 0 spiro atoms. The van der Waals surface area contributed by atoms with E-state index < -0.39 is 209 Å². The molecule has 6 aliphatic heterocycles. The second kappa shape index (κ2) is 35.2. The summed E-state index contributed by atoms with van der Waals surface area (Å²) in [6, 6.07) is 12.6. The number of aryl methyl sites for hydroxylation is 2. The van der Waals surface area contributed by atoms with Gasteiger partial charge in [-0.25, -0.2) is 53.1 Å². The third kappa shape index (κ3) is 18.8. The van der Waals surface area contributed by atoms with Crippen LogP contribution in [0.4, 0.5) is 26.3 Å². The minimum absolute atomic E-state index is 0.00488. The third-order valence-corrected chi connectivity index (χ3v) is 32.1. The van der Waals surface area contributed by atoms with E-state index in [0.717, 1.165) is 62.7 Å². The predicted molar refractivity (Wildman–Crippen MR) is 440 cm³/mol. The summed E-state index contributed by atoms with van der Waals surface area (Å²) in [6.07, 6.45) is 12.1. The predicted octanol–water partition coefficient (Wildman–Crippen LogP) is 14.4. The Morgan fingerprint density at radius 1 is 0.549 bits per heavy atom. The number of Topliss-reactive ketones (excluding diaryl/α,β-unsaturated/α-hetero) is 2. The zero-order valence-electron chi connectivity index (χ0n) is 71.3. The maximum absolute atomic E-state index is 15.2. The number of halogens is 6. The first-order chi connectivity index (χ1) is 57.5. The summed E-state index contributed by atoms with van der Waals surface area (Å²) in [5.41, 5.74) is -5.82. The van der Waals surface area contributed by atoms with E-state index in [0.29, 0.717) is 125 Å². The number of nitrogens with one attached hydrogen (secondary N) is 2. The van der Waals surface area contributed by atoms with Crippen molar-refractivity contribution in [2.45, 2.75) is 280 Å². The number of ether oxygens (including phenoxy) is 6. The molecule has 14 atom stereocenters. The molecule has 4 saturated carbocycles. The van der Waals surface area contributed by atoms with E-state index in [1.54, 1.807) is 0 Å². The lowest BCUT2D eigenvalue weighted by Crippen LogP contribution is -2.49. The Balaban J connectivity index is 0.000000210. The normalized spacial score (nSPS) is 29.8. The van der Waals surface area contributed by atoms with Gasteiger partial charge in [-0.05, 0) is 178 Å². The molecule has 0 bridgehead atoms. The topological polar surface area (TPSA) is 317 Å². The van der Waals surface area contributed by atoms with E-state index in [1.165, 1.54) is 9.80 Å². The monoisotopic (exact) mass is 1750 g/mol. The average molecular weight is 1750 g/mol. The number of aromatic nitrogens is 2. The lowest BCUT2D eigenvalue weighted by molar-refractivity contribution is -0.197. The van der Waals surface area contributed by atoms with Crippen LogP contribution in [0.2, 0.25) is 0 Å². The van der Waals surface area contributed by atoms with Crippen molar-refractivity contribution < 1.29 is 110 Å². The second-order valence-electron chi connectivity index (χ2n) is 37.5. The van der Waals surface area contributed by atoms with Crippen LogP contribution in [0.3, 0.4) is 0 Å². The van der Waals surface area contributed by atoms with Gasteiger partial charge in [0.1, 0.15) is 46.6 Å².